The third-order valence-corrected chi connectivity index (χ3v) is 4.76. The van der Waals surface area contributed by atoms with Crippen LogP contribution in [0.5, 0.6) is 5.75 Å². The van der Waals surface area contributed by atoms with Gasteiger partial charge in [0.15, 0.2) is 0 Å². The van der Waals surface area contributed by atoms with E-state index in [-0.39, 0.29) is 5.69 Å². The zero-order chi connectivity index (χ0) is 21.3. The fourth-order valence-corrected chi connectivity index (χ4v) is 3.49. The van der Waals surface area contributed by atoms with Crippen LogP contribution in [0.2, 0.25) is 0 Å². The van der Waals surface area contributed by atoms with E-state index in [0.29, 0.717) is 21.3 Å². The summed E-state index contributed by atoms with van der Waals surface area (Å²) in [5, 5.41) is 11.5. The van der Waals surface area contributed by atoms with Crippen LogP contribution in [-0.4, -0.2) is 22.6 Å². The molecule has 1 heterocycles. The minimum atomic E-state index is -1.38. The zero-order valence-corrected chi connectivity index (χ0v) is 17.5. The first-order chi connectivity index (χ1) is 13.6. The lowest BCUT2D eigenvalue weighted by Crippen LogP contribution is -2.29. The smallest absolute Gasteiger partial charge is 0.338 e. The van der Waals surface area contributed by atoms with Gasteiger partial charge < -0.3 is 15.2 Å². The monoisotopic (exact) mass is 457 g/mol. The molecule has 3 rings (SSSR count). The lowest BCUT2D eigenvalue weighted by molar-refractivity contribution is 0.0691. The Balaban J connectivity index is 1.96. The molecule has 0 aromatic heterocycles. The van der Waals surface area contributed by atoms with Crippen LogP contribution in [0.4, 0.5) is 10.1 Å². The number of ether oxygens (including phenoxy) is 1. The second-order valence-electron chi connectivity index (χ2n) is 6.93. The van der Waals surface area contributed by atoms with Gasteiger partial charge in [-0.15, -0.1) is 5.92 Å². The lowest BCUT2D eigenvalue weighted by Gasteiger charge is -2.30. The van der Waals surface area contributed by atoms with Crippen LogP contribution in [0.25, 0.3) is 5.57 Å². The maximum atomic E-state index is 13.9. The molecule has 0 bridgehead atoms. The van der Waals surface area contributed by atoms with Crippen molar-refractivity contribution in [1.82, 2.24) is 0 Å². The minimum Gasteiger partial charge on any atom is -0.482 e. The SMILES string of the molecule is CC#CC1=CC(C)(C)Oc2c(Br)cc(C(=O)Nc3ccc(C(=O)O)c(F)c3)cc21. The number of fused-ring (bicyclic) bond motifs is 1. The summed E-state index contributed by atoms with van der Waals surface area (Å²) in [5.41, 5.74) is 0.851. The second-order valence-corrected chi connectivity index (χ2v) is 7.78. The van der Waals surface area contributed by atoms with Crippen LogP contribution in [-0.2, 0) is 0 Å². The molecule has 148 valence electrons. The topological polar surface area (TPSA) is 75.6 Å². The van der Waals surface area contributed by atoms with Crippen molar-refractivity contribution in [3.05, 3.63) is 63.4 Å². The van der Waals surface area contributed by atoms with E-state index < -0.39 is 28.9 Å². The molecule has 0 radical (unpaired) electrons. The van der Waals surface area contributed by atoms with Crippen molar-refractivity contribution in [2.45, 2.75) is 26.4 Å². The molecule has 0 spiro atoms. The number of allylic oxidation sites excluding steroid dienone is 1. The first-order valence-electron chi connectivity index (χ1n) is 8.64. The van der Waals surface area contributed by atoms with Crippen molar-refractivity contribution in [1.29, 1.82) is 0 Å². The van der Waals surface area contributed by atoms with Gasteiger partial charge in [0, 0.05) is 22.4 Å². The van der Waals surface area contributed by atoms with Gasteiger partial charge in [-0.1, -0.05) is 5.92 Å². The van der Waals surface area contributed by atoms with Crippen molar-refractivity contribution >= 4 is 39.1 Å². The third kappa shape index (κ3) is 4.33. The van der Waals surface area contributed by atoms with Gasteiger partial charge in [-0.3, -0.25) is 4.79 Å². The zero-order valence-electron chi connectivity index (χ0n) is 15.9. The number of anilines is 1. The normalized spacial score (nSPS) is 13.9. The van der Waals surface area contributed by atoms with Crippen LogP contribution in [0.1, 0.15) is 47.1 Å². The molecule has 2 aromatic carbocycles. The van der Waals surface area contributed by atoms with E-state index in [1.165, 1.54) is 6.07 Å². The van der Waals surface area contributed by atoms with Crippen molar-refractivity contribution < 1.29 is 23.8 Å². The van der Waals surface area contributed by atoms with Gasteiger partial charge in [0.25, 0.3) is 5.91 Å². The molecule has 0 atom stereocenters. The number of carbonyl (C=O) groups excluding carboxylic acids is 1. The highest BCUT2D eigenvalue weighted by atomic mass is 79.9. The molecule has 0 saturated heterocycles. The molecule has 1 aliphatic heterocycles. The Kier molecular flexibility index (Phi) is 5.49. The minimum absolute atomic E-state index is 0.146. The predicted octanol–water partition coefficient (Wildman–Crippen LogP) is 5.12. The van der Waals surface area contributed by atoms with Crippen molar-refractivity contribution in [3.63, 3.8) is 0 Å². The van der Waals surface area contributed by atoms with E-state index in [2.05, 4.69) is 33.1 Å². The molecule has 1 aliphatic rings. The van der Waals surface area contributed by atoms with E-state index in [4.69, 9.17) is 9.84 Å². The van der Waals surface area contributed by atoms with E-state index in [1.807, 2.05) is 19.9 Å². The average Bonchev–Trinajstić information content (AvgIpc) is 2.61. The number of carboxylic acid groups (broad SMARTS) is 1. The molecule has 1 amide bonds. The molecule has 2 N–H and O–H groups in total. The van der Waals surface area contributed by atoms with E-state index >= 15 is 0 Å². The second kappa shape index (κ2) is 7.72. The standard InChI is InChI=1S/C22H17BrFNO4/c1-4-5-12-11-22(2,3)29-19-16(12)8-13(9-17(19)23)20(26)25-14-6-7-15(21(27)28)18(24)10-14/h6-11H,1-3H3,(H,25,26)(H,27,28). The van der Waals surface area contributed by atoms with Gasteiger partial charge >= 0.3 is 5.97 Å². The first-order valence-corrected chi connectivity index (χ1v) is 9.43. The first kappa shape index (κ1) is 20.6. The molecule has 0 fully saturated rings. The predicted molar refractivity (Wildman–Crippen MR) is 112 cm³/mol. The Labute approximate surface area is 175 Å². The summed E-state index contributed by atoms with van der Waals surface area (Å²) < 4.78 is 20.5. The molecular formula is C22H17BrFNO4. The van der Waals surface area contributed by atoms with Crippen molar-refractivity contribution in [2.24, 2.45) is 0 Å². The number of halogens is 2. The van der Waals surface area contributed by atoms with Gasteiger partial charge in [-0.25, -0.2) is 9.18 Å². The summed E-state index contributed by atoms with van der Waals surface area (Å²) in [6, 6.07) is 6.66. The van der Waals surface area contributed by atoms with Gasteiger partial charge in [0.05, 0.1) is 10.0 Å². The van der Waals surface area contributed by atoms with Crippen molar-refractivity contribution in [3.8, 4) is 17.6 Å². The summed E-state index contributed by atoms with van der Waals surface area (Å²) in [6.45, 7) is 5.55. The molecule has 2 aromatic rings. The maximum absolute atomic E-state index is 13.9. The quantitative estimate of drug-likeness (QED) is 0.627. The number of benzene rings is 2. The Bertz CT molecular complexity index is 1130. The highest BCUT2D eigenvalue weighted by Gasteiger charge is 2.29. The number of carboxylic acids is 1. The van der Waals surface area contributed by atoms with Crippen molar-refractivity contribution in [2.75, 3.05) is 5.32 Å². The van der Waals surface area contributed by atoms with Gasteiger partial charge in [0.1, 0.15) is 17.2 Å². The maximum Gasteiger partial charge on any atom is 0.338 e. The Morgan fingerprint density at radius 1 is 1.24 bits per heavy atom. The largest absolute Gasteiger partial charge is 0.482 e. The van der Waals surface area contributed by atoms with Gasteiger partial charge in [-0.2, -0.15) is 0 Å². The molecule has 29 heavy (non-hydrogen) atoms. The van der Waals surface area contributed by atoms with Crippen LogP contribution in [0.3, 0.4) is 0 Å². The summed E-state index contributed by atoms with van der Waals surface area (Å²) in [5.74, 6) is 3.70. The number of amides is 1. The number of nitrogens with one attached hydrogen (secondary N) is 1. The Hall–Kier alpha value is -3.11. The summed E-state index contributed by atoms with van der Waals surface area (Å²) >= 11 is 3.45. The summed E-state index contributed by atoms with van der Waals surface area (Å²) in [4.78, 5) is 23.6. The van der Waals surface area contributed by atoms with E-state index in [1.54, 1.807) is 19.1 Å². The molecule has 0 unspecified atom stereocenters. The van der Waals surface area contributed by atoms with Crippen LogP contribution in [0.15, 0.2) is 40.9 Å². The molecule has 0 saturated carbocycles. The van der Waals surface area contributed by atoms with E-state index in [0.717, 1.165) is 17.7 Å². The molecular weight excluding hydrogens is 441 g/mol. The summed E-state index contributed by atoms with van der Waals surface area (Å²) in [6.07, 6.45) is 1.89. The molecule has 5 nitrogen and oxygen atoms in total. The molecule has 0 aliphatic carbocycles. The summed E-state index contributed by atoms with van der Waals surface area (Å²) in [7, 11) is 0. The van der Waals surface area contributed by atoms with Crippen LogP contribution >= 0.6 is 15.9 Å². The fourth-order valence-electron chi connectivity index (χ4n) is 2.95. The fraction of sp³-hybridized carbons (Fsp3) is 0.182. The van der Waals surface area contributed by atoms with Gasteiger partial charge in [-0.05, 0) is 73.1 Å². The number of hydrogen-bond donors (Lipinski definition) is 2. The molecule has 7 heteroatoms. The Morgan fingerprint density at radius 3 is 2.59 bits per heavy atom. The van der Waals surface area contributed by atoms with Crippen LogP contribution in [0, 0.1) is 17.7 Å². The van der Waals surface area contributed by atoms with E-state index in [9.17, 15) is 14.0 Å². The highest BCUT2D eigenvalue weighted by molar-refractivity contribution is 9.10. The third-order valence-electron chi connectivity index (χ3n) is 4.17. The number of carbonyl (C=O) groups is 2. The number of hydrogen-bond acceptors (Lipinski definition) is 3. The average molecular weight is 458 g/mol. The number of aromatic carboxylic acids is 1. The number of rotatable bonds is 3. The Morgan fingerprint density at radius 2 is 1.97 bits per heavy atom. The van der Waals surface area contributed by atoms with Gasteiger partial charge in [0.2, 0.25) is 0 Å². The lowest BCUT2D eigenvalue weighted by atomic mass is 9.93. The van der Waals surface area contributed by atoms with Crippen LogP contribution < -0.4 is 10.1 Å². The highest BCUT2D eigenvalue weighted by Crippen LogP contribution is 2.41.